The van der Waals surface area contributed by atoms with Crippen molar-refractivity contribution in [1.82, 2.24) is 19.5 Å². The lowest BCUT2D eigenvalue weighted by Crippen LogP contribution is -2.00. The van der Waals surface area contributed by atoms with Crippen LogP contribution in [0.15, 0.2) is 174 Å². The number of hydrogen-bond donors (Lipinski definition) is 0. The van der Waals surface area contributed by atoms with Crippen LogP contribution in [0.4, 0.5) is 0 Å². The molecule has 0 atom stereocenters. The molecule has 0 aliphatic carbocycles. The van der Waals surface area contributed by atoms with Gasteiger partial charge in [0, 0.05) is 38.4 Å². The molecule has 10 aromatic rings. The van der Waals surface area contributed by atoms with Crippen LogP contribution in [0.1, 0.15) is 0 Å². The van der Waals surface area contributed by atoms with Gasteiger partial charge >= 0.3 is 0 Å². The molecule has 0 radical (unpaired) electrons. The molecule has 0 N–H and O–H groups in total. The minimum atomic E-state index is 0.572. The van der Waals surface area contributed by atoms with Gasteiger partial charge in [0.15, 0.2) is 17.5 Å². The van der Waals surface area contributed by atoms with E-state index in [4.69, 9.17) is 19.4 Å². The zero-order valence-electron chi connectivity index (χ0n) is 26.9. The van der Waals surface area contributed by atoms with Crippen molar-refractivity contribution in [2.24, 2.45) is 0 Å². The number of furan rings is 1. The summed E-state index contributed by atoms with van der Waals surface area (Å²) >= 11 is 0. The molecular formula is C45H28N4O. The molecule has 0 saturated carbocycles. The van der Waals surface area contributed by atoms with Crippen LogP contribution in [0.3, 0.4) is 0 Å². The Morgan fingerprint density at radius 2 is 0.940 bits per heavy atom. The van der Waals surface area contributed by atoms with Gasteiger partial charge in [0.2, 0.25) is 0 Å². The summed E-state index contributed by atoms with van der Waals surface area (Å²) in [6.45, 7) is 0. The molecule has 0 fully saturated rings. The molecule has 7 aromatic carbocycles. The molecule has 0 aliphatic rings. The fourth-order valence-electron chi connectivity index (χ4n) is 7.09. The number of rotatable bonds is 5. The number of nitrogens with zero attached hydrogens (tertiary/aromatic N) is 4. The van der Waals surface area contributed by atoms with Gasteiger partial charge < -0.3 is 8.98 Å². The van der Waals surface area contributed by atoms with Crippen molar-refractivity contribution in [1.29, 1.82) is 0 Å². The Balaban J connectivity index is 1.12. The van der Waals surface area contributed by atoms with Gasteiger partial charge in [0.25, 0.3) is 0 Å². The lowest BCUT2D eigenvalue weighted by Gasteiger charge is -2.08. The van der Waals surface area contributed by atoms with Crippen molar-refractivity contribution >= 4 is 43.7 Å². The molecule has 0 saturated heterocycles. The van der Waals surface area contributed by atoms with Gasteiger partial charge in [0.1, 0.15) is 11.2 Å². The zero-order valence-corrected chi connectivity index (χ0v) is 26.9. The van der Waals surface area contributed by atoms with Gasteiger partial charge in [-0.1, -0.05) is 121 Å². The predicted octanol–water partition coefficient (Wildman–Crippen LogP) is 11.5. The molecule has 3 aromatic heterocycles. The van der Waals surface area contributed by atoms with Crippen LogP contribution in [-0.4, -0.2) is 19.5 Å². The number of benzene rings is 7. The molecule has 0 spiro atoms. The van der Waals surface area contributed by atoms with Crippen LogP contribution in [0.2, 0.25) is 0 Å². The van der Waals surface area contributed by atoms with E-state index in [2.05, 4.69) is 108 Å². The maximum absolute atomic E-state index is 6.60. The van der Waals surface area contributed by atoms with E-state index in [0.717, 1.165) is 55.4 Å². The highest BCUT2D eigenvalue weighted by molar-refractivity contribution is 6.12. The molecule has 5 nitrogen and oxygen atoms in total. The quantitative estimate of drug-likeness (QED) is 0.188. The van der Waals surface area contributed by atoms with Crippen molar-refractivity contribution < 1.29 is 4.42 Å². The summed E-state index contributed by atoms with van der Waals surface area (Å²) in [6, 6.07) is 58.7. The normalized spacial score (nSPS) is 11.6. The van der Waals surface area contributed by atoms with E-state index in [1.165, 1.54) is 21.8 Å². The summed E-state index contributed by atoms with van der Waals surface area (Å²) in [5.74, 6) is 1.81. The molecule has 5 heteroatoms. The number of hydrogen-bond acceptors (Lipinski definition) is 4. The lowest BCUT2D eigenvalue weighted by atomic mass is 10.00. The first kappa shape index (κ1) is 28.2. The summed E-state index contributed by atoms with van der Waals surface area (Å²) < 4.78 is 8.94. The van der Waals surface area contributed by atoms with Crippen LogP contribution < -0.4 is 0 Å². The summed E-state index contributed by atoms with van der Waals surface area (Å²) in [5.41, 5.74) is 10.1. The Labute approximate surface area is 287 Å². The highest BCUT2D eigenvalue weighted by Gasteiger charge is 2.19. The van der Waals surface area contributed by atoms with Gasteiger partial charge in [-0.05, 0) is 59.7 Å². The lowest BCUT2D eigenvalue weighted by molar-refractivity contribution is 0.669. The Bertz CT molecular complexity index is 2800. The van der Waals surface area contributed by atoms with Crippen molar-refractivity contribution in [3.8, 4) is 51.0 Å². The van der Waals surface area contributed by atoms with E-state index >= 15 is 0 Å². The standard InChI is InChI=1S/C45H28N4O/c1-4-13-29(14-5-1)43-46-44(30-15-6-2-7-16-30)48-45(47-43)36-21-12-20-35-38-28-32(24-26-41(38)50-42(35)36)31-23-25-40-37(27-31)34-19-10-11-22-39(34)49(40)33-17-8-3-9-18-33/h1-28H. The highest BCUT2D eigenvalue weighted by Crippen LogP contribution is 2.39. The summed E-state index contributed by atoms with van der Waals surface area (Å²) in [7, 11) is 0. The van der Waals surface area contributed by atoms with Crippen molar-refractivity contribution in [3.05, 3.63) is 170 Å². The monoisotopic (exact) mass is 640 g/mol. The molecule has 3 heterocycles. The third-order valence-corrected chi connectivity index (χ3v) is 9.46. The molecule has 0 aliphatic heterocycles. The molecule has 234 valence electrons. The first-order valence-corrected chi connectivity index (χ1v) is 16.7. The van der Waals surface area contributed by atoms with Crippen LogP contribution in [0.25, 0.3) is 94.7 Å². The minimum absolute atomic E-state index is 0.572. The van der Waals surface area contributed by atoms with E-state index in [-0.39, 0.29) is 0 Å². The largest absolute Gasteiger partial charge is 0.455 e. The van der Waals surface area contributed by atoms with Gasteiger partial charge in [0.05, 0.1) is 16.6 Å². The van der Waals surface area contributed by atoms with Gasteiger partial charge in [-0.25, -0.2) is 15.0 Å². The molecule has 0 amide bonds. The first-order valence-electron chi connectivity index (χ1n) is 16.7. The summed E-state index contributed by atoms with van der Waals surface area (Å²) in [5, 5.41) is 4.52. The number of aromatic nitrogens is 4. The second-order valence-corrected chi connectivity index (χ2v) is 12.5. The topological polar surface area (TPSA) is 56.7 Å². The summed E-state index contributed by atoms with van der Waals surface area (Å²) in [4.78, 5) is 14.8. The molecule has 50 heavy (non-hydrogen) atoms. The Morgan fingerprint density at radius 1 is 0.380 bits per heavy atom. The predicted molar refractivity (Wildman–Crippen MR) is 203 cm³/mol. The minimum Gasteiger partial charge on any atom is -0.455 e. The van der Waals surface area contributed by atoms with Crippen LogP contribution in [0.5, 0.6) is 0 Å². The van der Waals surface area contributed by atoms with E-state index in [0.29, 0.717) is 17.5 Å². The third kappa shape index (κ3) is 4.60. The van der Waals surface area contributed by atoms with Crippen molar-refractivity contribution in [2.45, 2.75) is 0 Å². The van der Waals surface area contributed by atoms with Crippen LogP contribution >= 0.6 is 0 Å². The van der Waals surface area contributed by atoms with Gasteiger partial charge in [-0.2, -0.15) is 0 Å². The fourth-order valence-corrected chi connectivity index (χ4v) is 7.09. The Kier molecular flexibility index (Phi) is 6.42. The maximum atomic E-state index is 6.60. The second kappa shape index (κ2) is 11.4. The Morgan fingerprint density at radius 3 is 1.66 bits per heavy atom. The van der Waals surface area contributed by atoms with Crippen molar-refractivity contribution in [2.75, 3.05) is 0 Å². The first-order chi connectivity index (χ1) is 24.8. The zero-order chi connectivity index (χ0) is 33.0. The van der Waals surface area contributed by atoms with Crippen LogP contribution in [0, 0.1) is 0 Å². The van der Waals surface area contributed by atoms with E-state index in [9.17, 15) is 0 Å². The third-order valence-electron chi connectivity index (χ3n) is 9.46. The molecule has 10 rings (SSSR count). The number of para-hydroxylation sites is 3. The Hall–Kier alpha value is -6.85. The number of fused-ring (bicyclic) bond motifs is 6. The molecular weight excluding hydrogens is 613 g/mol. The average molecular weight is 641 g/mol. The second-order valence-electron chi connectivity index (χ2n) is 12.5. The maximum Gasteiger partial charge on any atom is 0.167 e. The van der Waals surface area contributed by atoms with E-state index in [1.54, 1.807) is 0 Å². The van der Waals surface area contributed by atoms with E-state index in [1.807, 2.05) is 66.7 Å². The van der Waals surface area contributed by atoms with E-state index < -0.39 is 0 Å². The fraction of sp³-hybridized carbons (Fsp3) is 0. The smallest absolute Gasteiger partial charge is 0.167 e. The average Bonchev–Trinajstić information content (AvgIpc) is 3.74. The van der Waals surface area contributed by atoms with Crippen LogP contribution in [-0.2, 0) is 0 Å². The SMILES string of the molecule is c1ccc(-c2nc(-c3ccccc3)nc(-c3cccc4c3oc3ccc(-c5ccc6c(c5)c5ccccc5n6-c5ccccc5)cc34)n2)cc1. The van der Waals surface area contributed by atoms with Gasteiger partial charge in [-0.3, -0.25) is 0 Å². The van der Waals surface area contributed by atoms with Crippen molar-refractivity contribution in [3.63, 3.8) is 0 Å². The van der Waals surface area contributed by atoms with Gasteiger partial charge in [-0.15, -0.1) is 0 Å². The molecule has 0 bridgehead atoms. The highest BCUT2D eigenvalue weighted by atomic mass is 16.3. The summed E-state index contributed by atoms with van der Waals surface area (Å²) in [6.07, 6.45) is 0. The molecule has 0 unspecified atom stereocenters.